The van der Waals surface area contributed by atoms with Crippen LogP contribution >= 0.6 is 0 Å². The zero-order valence-corrected chi connectivity index (χ0v) is 21.4. The van der Waals surface area contributed by atoms with Crippen LogP contribution in [0.3, 0.4) is 0 Å². The van der Waals surface area contributed by atoms with Crippen molar-refractivity contribution in [3.63, 3.8) is 0 Å². The number of urea groups is 1. The Kier molecular flexibility index (Phi) is 6.70. The van der Waals surface area contributed by atoms with Gasteiger partial charge in [-0.3, -0.25) is 20.1 Å². The van der Waals surface area contributed by atoms with Crippen molar-refractivity contribution in [1.82, 2.24) is 25.0 Å². The van der Waals surface area contributed by atoms with Crippen LogP contribution in [-0.4, -0.2) is 31.0 Å². The van der Waals surface area contributed by atoms with Crippen molar-refractivity contribution in [1.29, 1.82) is 0 Å². The molecule has 0 saturated heterocycles. The number of carbonyl (C=O) groups is 1. The van der Waals surface area contributed by atoms with E-state index in [9.17, 15) is 13.6 Å². The number of amides is 2. The van der Waals surface area contributed by atoms with Gasteiger partial charge in [0.25, 0.3) is 0 Å². The molecule has 3 aromatic carbocycles. The number of nitrogens with one attached hydrogen (secondary N) is 3. The molecule has 0 aliphatic heterocycles. The van der Waals surface area contributed by atoms with Gasteiger partial charge in [0.2, 0.25) is 0 Å². The molecule has 0 atom stereocenters. The molecule has 41 heavy (non-hydrogen) atoms. The number of anilines is 2. The summed E-state index contributed by atoms with van der Waals surface area (Å²) in [6.07, 6.45) is 5.05. The van der Waals surface area contributed by atoms with Crippen LogP contribution in [0.1, 0.15) is 0 Å². The van der Waals surface area contributed by atoms with E-state index in [2.05, 4.69) is 30.9 Å². The first kappa shape index (κ1) is 25.5. The number of hydrogen-bond acceptors (Lipinski definition) is 6. The van der Waals surface area contributed by atoms with Gasteiger partial charge >= 0.3 is 6.03 Å². The van der Waals surface area contributed by atoms with Crippen LogP contribution in [0.5, 0.6) is 23.0 Å². The van der Waals surface area contributed by atoms with E-state index >= 15 is 0 Å². The summed E-state index contributed by atoms with van der Waals surface area (Å²) < 4.78 is 41.1. The van der Waals surface area contributed by atoms with Gasteiger partial charge < -0.3 is 14.8 Å². The topological polar surface area (TPSA) is 119 Å². The smallest absolute Gasteiger partial charge is 0.324 e. The number of benzene rings is 3. The average Bonchev–Trinajstić information content (AvgIpc) is 3.57. The molecule has 0 saturated carbocycles. The maximum absolute atomic E-state index is 14.8. The van der Waals surface area contributed by atoms with Crippen molar-refractivity contribution in [3.8, 4) is 34.3 Å². The first-order chi connectivity index (χ1) is 19.9. The largest absolute Gasteiger partial charge is 0.457 e. The third-order valence-electron chi connectivity index (χ3n) is 5.96. The van der Waals surface area contributed by atoms with Gasteiger partial charge in [-0.1, -0.05) is 0 Å². The molecule has 10 nitrogen and oxygen atoms in total. The molecule has 3 N–H and O–H groups in total. The molecular formula is C29H21F2N7O3. The highest BCUT2D eigenvalue weighted by molar-refractivity contribution is 6.04. The number of H-pyrrole nitrogens is 1. The van der Waals surface area contributed by atoms with Crippen molar-refractivity contribution < 1.29 is 23.0 Å². The molecule has 0 spiro atoms. The number of aromatic amines is 1. The molecule has 0 fully saturated rings. The summed E-state index contributed by atoms with van der Waals surface area (Å²) in [6, 6.07) is 17.5. The Morgan fingerprint density at radius 1 is 0.902 bits per heavy atom. The lowest BCUT2D eigenvalue weighted by Crippen LogP contribution is -2.19. The van der Waals surface area contributed by atoms with Crippen molar-refractivity contribution in [2.45, 2.75) is 0 Å². The Hall–Kier alpha value is -5.78. The lowest BCUT2D eigenvalue weighted by Gasteiger charge is -2.10. The third-order valence-corrected chi connectivity index (χ3v) is 5.96. The molecular weight excluding hydrogens is 532 g/mol. The maximum atomic E-state index is 14.8. The fourth-order valence-corrected chi connectivity index (χ4v) is 4.04. The lowest BCUT2D eigenvalue weighted by atomic mass is 10.2. The summed E-state index contributed by atoms with van der Waals surface area (Å²) in [6.45, 7) is 0. The minimum atomic E-state index is -0.664. The predicted molar refractivity (Wildman–Crippen MR) is 148 cm³/mol. The number of hydrogen-bond donors (Lipinski definition) is 3. The number of aryl methyl sites for hydroxylation is 1. The molecule has 0 unspecified atom stereocenters. The third kappa shape index (κ3) is 5.81. The number of nitrogens with zero attached hydrogens (tertiary/aromatic N) is 4. The second-order valence-corrected chi connectivity index (χ2v) is 8.94. The highest BCUT2D eigenvalue weighted by atomic mass is 19.1. The fourth-order valence-electron chi connectivity index (χ4n) is 4.04. The summed E-state index contributed by atoms with van der Waals surface area (Å²) in [7, 11) is 1.80. The monoisotopic (exact) mass is 553 g/mol. The Bertz CT molecular complexity index is 1870. The van der Waals surface area contributed by atoms with E-state index in [0.717, 1.165) is 11.6 Å². The number of fused-ring (bicyclic) bond motifs is 1. The molecule has 6 aromatic rings. The van der Waals surface area contributed by atoms with Crippen molar-refractivity contribution in [2.75, 3.05) is 10.6 Å². The van der Waals surface area contributed by atoms with Gasteiger partial charge in [0.1, 0.15) is 28.9 Å². The van der Waals surface area contributed by atoms with Crippen molar-refractivity contribution in [3.05, 3.63) is 103 Å². The van der Waals surface area contributed by atoms with Crippen LogP contribution in [0.4, 0.5) is 25.1 Å². The van der Waals surface area contributed by atoms with Crippen LogP contribution < -0.4 is 20.1 Å². The van der Waals surface area contributed by atoms with Crippen LogP contribution in [0.2, 0.25) is 0 Å². The minimum Gasteiger partial charge on any atom is -0.457 e. The number of ether oxygens (including phenoxy) is 2. The molecule has 204 valence electrons. The van der Waals surface area contributed by atoms with E-state index in [4.69, 9.17) is 9.47 Å². The molecule has 0 aliphatic carbocycles. The Labute approximate surface area is 231 Å². The lowest BCUT2D eigenvalue weighted by molar-refractivity contribution is 0.262. The van der Waals surface area contributed by atoms with Crippen molar-refractivity contribution >= 4 is 28.4 Å². The number of pyridine rings is 1. The van der Waals surface area contributed by atoms with E-state index in [1.807, 2.05) is 6.20 Å². The second kappa shape index (κ2) is 10.8. The van der Waals surface area contributed by atoms with E-state index in [-0.39, 0.29) is 17.3 Å². The molecule has 3 heterocycles. The van der Waals surface area contributed by atoms with Crippen LogP contribution in [0, 0.1) is 11.6 Å². The van der Waals surface area contributed by atoms with Gasteiger partial charge in [0.15, 0.2) is 11.6 Å². The van der Waals surface area contributed by atoms with Gasteiger partial charge in [-0.05, 0) is 54.6 Å². The molecule has 3 aromatic heterocycles. The molecule has 0 bridgehead atoms. The van der Waals surface area contributed by atoms with E-state index in [1.54, 1.807) is 54.5 Å². The second-order valence-electron chi connectivity index (χ2n) is 8.94. The SMILES string of the molecule is Cn1cc(-c2cc(Oc3ccc(NC(=O)Nc4[nH]nc5cc(Oc6ccc(F)cc6)ccc45)cc3F)ccn2)cn1. The minimum absolute atomic E-state index is 0.0162. The summed E-state index contributed by atoms with van der Waals surface area (Å²) in [5.41, 5.74) is 2.19. The zero-order chi connectivity index (χ0) is 28.3. The van der Waals surface area contributed by atoms with Crippen LogP contribution in [0.15, 0.2) is 91.4 Å². The van der Waals surface area contributed by atoms with E-state index in [0.29, 0.717) is 39.7 Å². The normalized spacial score (nSPS) is 10.9. The zero-order valence-electron chi connectivity index (χ0n) is 21.4. The molecule has 0 radical (unpaired) electrons. The Morgan fingerprint density at radius 2 is 1.71 bits per heavy atom. The van der Waals surface area contributed by atoms with Gasteiger partial charge in [-0.25, -0.2) is 13.6 Å². The standard InChI is InChI=1S/C29H21F2N7O3/c1-38-16-17(15-33-38)25-13-22(10-11-32-25)41-27-9-4-19(12-24(27)31)34-29(39)35-28-23-8-7-21(14-26(23)36-37-28)40-20-5-2-18(30)3-6-20/h2-16H,1H3,(H3,34,35,36,37,39). The van der Waals surface area contributed by atoms with Crippen LogP contribution in [0.25, 0.3) is 22.2 Å². The maximum Gasteiger partial charge on any atom is 0.324 e. The van der Waals surface area contributed by atoms with Crippen LogP contribution in [-0.2, 0) is 7.05 Å². The van der Waals surface area contributed by atoms with Gasteiger partial charge in [0.05, 0.1) is 17.4 Å². The Morgan fingerprint density at radius 3 is 2.49 bits per heavy atom. The first-order valence-corrected chi connectivity index (χ1v) is 12.3. The first-order valence-electron chi connectivity index (χ1n) is 12.3. The van der Waals surface area contributed by atoms with Crippen molar-refractivity contribution in [2.24, 2.45) is 7.05 Å². The quantitative estimate of drug-likeness (QED) is 0.199. The highest BCUT2D eigenvalue weighted by Gasteiger charge is 2.13. The highest BCUT2D eigenvalue weighted by Crippen LogP contribution is 2.30. The number of aromatic nitrogens is 5. The van der Waals surface area contributed by atoms with Gasteiger partial charge in [-0.15, -0.1) is 0 Å². The average molecular weight is 554 g/mol. The van der Waals surface area contributed by atoms with Gasteiger partial charge in [0, 0.05) is 54.3 Å². The molecule has 6 rings (SSSR count). The summed E-state index contributed by atoms with van der Waals surface area (Å²) in [5.74, 6) is 0.659. The molecule has 0 aliphatic rings. The fraction of sp³-hybridized carbons (Fsp3) is 0.0345. The molecule has 2 amide bonds. The van der Waals surface area contributed by atoms with Gasteiger partial charge in [-0.2, -0.15) is 10.2 Å². The summed E-state index contributed by atoms with van der Waals surface area (Å²) in [4.78, 5) is 16.9. The Balaban J connectivity index is 1.10. The number of rotatable bonds is 7. The summed E-state index contributed by atoms with van der Waals surface area (Å²) in [5, 5.41) is 17.0. The van der Waals surface area contributed by atoms with E-state index < -0.39 is 11.8 Å². The number of carbonyl (C=O) groups excluding carboxylic acids is 1. The molecule has 12 heteroatoms. The van der Waals surface area contributed by atoms with E-state index in [1.165, 1.54) is 36.4 Å². The number of halogens is 2. The predicted octanol–water partition coefficient (Wildman–Crippen LogP) is 6.87. The summed E-state index contributed by atoms with van der Waals surface area (Å²) >= 11 is 0.